The first-order valence-electron chi connectivity index (χ1n) is 10.4. The second-order valence-electron chi connectivity index (χ2n) is 8.13. The van der Waals surface area contributed by atoms with Crippen molar-refractivity contribution >= 4 is 22.4 Å². The molecule has 158 valence electrons. The van der Waals surface area contributed by atoms with Crippen molar-refractivity contribution in [3.05, 3.63) is 33.8 Å². The molecule has 0 bridgehead atoms. The van der Waals surface area contributed by atoms with Crippen molar-refractivity contribution in [3.63, 3.8) is 0 Å². The molecule has 0 saturated heterocycles. The third-order valence-electron chi connectivity index (χ3n) is 6.08. The number of rotatable bonds is 5. The molecule has 1 amide bonds. The van der Waals surface area contributed by atoms with Crippen LogP contribution in [0.4, 0.5) is 5.13 Å². The molecule has 0 N–H and O–H groups in total. The summed E-state index contributed by atoms with van der Waals surface area (Å²) in [4.78, 5) is 21.3. The smallest absolute Gasteiger partial charge is 0.282 e. The number of hydrogen-bond donors (Lipinski definition) is 0. The fraction of sp³-hybridized carbons (Fsp3) is 0.524. The molecule has 8 nitrogen and oxygen atoms in total. The highest BCUT2D eigenvalue weighted by atomic mass is 32.1. The van der Waals surface area contributed by atoms with Gasteiger partial charge in [0.25, 0.3) is 5.91 Å². The molecule has 30 heavy (non-hydrogen) atoms. The SMILES string of the molecule is COCCN(C(=O)c1noc2c1C[C@@H](C)CC2)c1nc2c(s1)CCc1c-2cnn1C. The van der Waals surface area contributed by atoms with E-state index in [-0.39, 0.29) is 5.91 Å². The number of hydrogen-bond acceptors (Lipinski definition) is 7. The highest BCUT2D eigenvalue weighted by Crippen LogP contribution is 2.39. The van der Waals surface area contributed by atoms with Crippen LogP contribution in [0, 0.1) is 5.92 Å². The van der Waals surface area contributed by atoms with Gasteiger partial charge in [0.15, 0.2) is 10.8 Å². The Morgan fingerprint density at radius 3 is 3.10 bits per heavy atom. The molecule has 9 heteroatoms. The Hall–Kier alpha value is -2.52. The molecular weight excluding hydrogens is 402 g/mol. The highest BCUT2D eigenvalue weighted by molar-refractivity contribution is 7.16. The van der Waals surface area contributed by atoms with Crippen molar-refractivity contribution in [2.75, 3.05) is 25.2 Å². The van der Waals surface area contributed by atoms with E-state index < -0.39 is 0 Å². The van der Waals surface area contributed by atoms with Gasteiger partial charge in [0, 0.05) is 42.3 Å². The molecule has 0 unspecified atom stereocenters. The summed E-state index contributed by atoms with van der Waals surface area (Å²) in [6, 6.07) is 0. The molecule has 2 aliphatic carbocycles. The Morgan fingerprint density at radius 2 is 2.27 bits per heavy atom. The predicted octanol–water partition coefficient (Wildman–Crippen LogP) is 3.05. The Kier molecular flexibility index (Phi) is 4.94. The van der Waals surface area contributed by atoms with Crippen molar-refractivity contribution in [2.45, 2.75) is 39.0 Å². The van der Waals surface area contributed by atoms with Crippen LogP contribution in [0.2, 0.25) is 0 Å². The van der Waals surface area contributed by atoms with Gasteiger partial charge in [0.2, 0.25) is 0 Å². The molecule has 0 fully saturated rings. The highest BCUT2D eigenvalue weighted by Gasteiger charge is 2.33. The number of thiazole rings is 1. The number of fused-ring (bicyclic) bond motifs is 4. The quantitative estimate of drug-likeness (QED) is 0.622. The molecule has 5 rings (SSSR count). The van der Waals surface area contributed by atoms with Crippen molar-refractivity contribution in [1.29, 1.82) is 0 Å². The van der Waals surface area contributed by atoms with Gasteiger partial charge in [-0.1, -0.05) is 12.1 Å². The molecule has 2 aliphatic rings. The van der Waals surface area contributed by atoms with Gasteiger partial charge in [-0.2, -0.15) is 5.10 Å². The minimum Gasteiger partial charge on any atom is -0.383 e. The Bertz CT molecular complexity index is 1100. The Morgan fingerprint density at radius 1 is 1.40 bits per heavy atom. The van der Waals surface area contributed by atoms with Crippen molar-refractivity contribution < 1.29 is 14.1 Å². The summed E-state index contributed by atoms with van der Waals surface area (Å²) in [6.45, 7) is 3.04. The fourth-order valence-electron chi connectivity index (χ4n) is 4.36. The van der Waals surface area contributed by atoms with E-state index in [2.05, 4.69) is 17.2 Å². The van der Waals surface area contributed by atoms with Crippen LogP contribution in [-0.2, 0) is 37.5 Å². The summed E-state index contributed by atoms with van der Waals surface area (Å²) in [6.07, 6.45) is 6.43. The fourth-order valence-corrected chi connectivity index (χ4v) is 5.46. The number of carbonyl (C=O) groups excluding carboxylic acids is 1. The maximum Gasteiger partial charge on any atom is 0.282 e. The Balaban J connectivity index is 1.51. The van der Waals surface area contributed by atoms with Crippen LogP contribution in [-0.4, -0.2) is 46.1 Å². The third kappa shape index (κ3) is 3.16. The van der Waals surface area contributed by atoms with Crippen LogP contribution in [0.3, 0.4) is 0 Å². The first-order chi connectivity index (χ1) is 14.6. The average molecular weight is 428 g/mol. The lowest BCUT2D eigenvalue weighted by atomic mass is 9.88. The van der Waals surface area contributed by atoms with E-state index in [4.69, 9.17) is 14.2 Å². The van der Waals surface area contributed by atoms with Gasteiger partial charge in [0.05, 0.1) is 25.0 Å². The van der Waals surface area contributed by atoms with Gasteiger partial charge in [-0.25, -0.2) is 4.98 Å². The molecule has 3 aromatic rings. The number of nitrogens with zero attached hydrogens (tertiary/aromatic N) is 5. The largest absolute Gasteiger partial charge is 0.383 e. The minimum atomic E-state index is -0.163. The van der Waals surface area contributed by atoms with E-state index in [1.807, 2.05) is 17.9 Å². The normalized spacial score (nSPS) is 17.4. The molecular formula is C21H25N5O3S. The first kappa shape index (κ1) is 19.4. The van der Waals surface area contributed by atoms with Gasteiger partial charge in [-0.3, -0.25) is 14.4 Å². The first-order valence-corrected chi connectivity index (χ1v) is 11.2. The minimum absolute atomic E-state index is 0.163. The molecule has 1 atom stereocenters. The number of ether oxygens (including phenoxy) is 1. The number of anilines is 1. The molecule has 0 aromatic carbocycles. The molecule has 0 spiro atoms. The van der Waals surface area contributed by atoms with Gasteiger partial charge in [0.1, 0.15) is 5.76 Å². The molecule has 0 saturated carbocycles. The summed E-state index contributed by atoms with van der Waals surface area (Å²) in [5.41, 5.74) is 4.57. The third-order valence-corrected chi connectivity index (χ3v) is 7.21. The lowest BCUT2D eigenvalue weighted by molar-refractivity contribution is 0.0966. The van der Waals surface area contributed by atoms with Crippen molar-refractivity contribution in [2.24, 2.45) is 13.0 Å². The van der Waals surface area contributed by atoms with Crippen LogP contribution in [0.25, 0.3) is 11.3 Å². The zero-order valence-electron chi connectivity index (χ0n) is 17.5. The molecule has 3 aromatic heterocycles. The average Bonchev–Trinajstić information content (AvgIpc) is 3.44. The van der Waals surface area contributed by atoms with Crippen LogP contribution in [0.15, 0.2) is 10.7 Å². The van der Waals surface area contributed by atoms with Crippen LogP contribution < -0.4 is 4.90 Å². The second-order valence-corrected chi connectivity index (χ2v) is 9.19. The summed E-state index contributed by atoms with van der Waals surface area (Å²) in [5, 5.41) is 9.23. The zero-order chi connectivity index (χ0) is 20.8. The molecule has 0 aliphatic heterocycles. The lowest BCUT2D eigenvalue weighted by Gasteiger charge is -2.20. The number of amides is 1. The van der Waals surface area contributed by atoms with Crippen LogP contribution in [0.5, 0.6) is 0 Å². The van der Waals surface area contributed by atoms with E-state index in [1.54, 1.807) is 23.3 Å². The van der Waals surface area contributed by atoms with Crippen molar-refractivity contribution in [3.8, 4) is 11.3 Å². The summed E-state index contributed by atoms with van der Waals surface area (Å²) in [7, 11) is 3.59. The number of carbonyl (C=O) groups is 1. The maximum absolute atomic E-state index is 13.6. The number of methoxy groups -OCH3 is 1. The standard InChI is InChI=1S/C21H25N5O3S/c1-12-4-6-16-13(10-12)19(24-29-16)20(27)26(8-9-28-3)21-23-18-14-11-22-25(2)15(14)5-7-17(18)30-21/h11-12H,4-10H2,1-3H3/t12-/m0/s1. The summed E-state index contributed by atoms with van der Waals surface area (Å²) < 4.78 is 12.7. The van der Waals surface area contributed by atoms with Crippen LogP contribution >= 0.6 is 11.3 Å². The zero-order valence-corrected chi connectivity index (χ0v) is 18.3. The second kappa shape index (κ2) is 7.63. The maximum atomic E-state index is 13.6. The van der Waals surface area contributed by atoms with Gasteiger partial charge >= 0.3 is 0 Å². The van der Waals surface area contributed by atoms with Crippen molar-refractivity contribution in [1.82, 2.24) is 19.9 Å². The topological polar surface area (TPSA) is 86.3 Å². The van der Waals surface area contributed by atoms with E-state index in [1.165, 1.54) is 10.6 Å². The lowest BCUT2D eigenvalue weighted by Crippen LogP contribution is -2.35. The predicted molar refractivity (Wildman–Crippen MR) is 113 cm³/mol. The van der Waals surface area contributed by atoms with E-state index in [9.17, 15) is 4.79 Å². The van der Waals surface area contributed by atoms with E-state index in [0.717, 1.165) is 54.7 Å². The molecule has 0 radical (unpaired) electrons. The van der Waals surface area contributed by atoms with E-state index >= 15 is 0 Å². The number of aryl methyl sites for hydroxylation is 3. The van der Waals surface area contributed by atoms with Gasteiger partial charge in [-0.05, 0) is 31.6 Å². The van der Waals surface area contributed by atoms with Gasteiger partial charge in [-0.15, -0.1) is 11.3 Å². The number of aromatic nitrogens is 4. The van der Waals surface area contributed by atoms with Gasteiger partial charge < -0.3 is 9.26 Å². The monoisotopic (exact) mass is 427 g/mol. The summed E-state index contributed by atoms with van der Waals surface area (Å²) in [5.74, 6) is 1.21. The summed E-state index contributed by atoms with van der Waals surface area (Å²) >= 11 is 1.57. The van der Waals surface area contributed by atoms with E-state index in [0.29, 0.717) is 29.9 Å². The van der Waals surface area contributed by atoms with Crippen LogP contribution in [0.1, 0.15) is 45.7 Å². The Labute approximate surface area is 178 Å². The molecule has 3 heterocycles.